The van der Waals surface area contributed by atoms with Crippen LogP contribution in [0.2, 0.25) is 10.0 Å². The van der Waals surface area contributed by atoms with Crippen LogP contribution in [0, 0.1) is 0 Å². The minimum Gasteiger partial charge on any atom is -0.352 e. The first-order valence-electron chi connectivity index (χ1n) is 6.67. The van der Waals surface area contributed by atoms with Gasteiger partial charge in [0.2, 0.25) is 5.91 Å². The van der Waals surface area contributed by atoms with E-state index in [2.05, 4.69) is 10.6 Å². The lowest BCUT2D eigenvalue weighted by Gasteiger charge is -2.15. The molecule has 0 fully saturated rings. The fraction of sp³-hybridized carbons (Fsp3) is 0.429. The first kappa shape index (κ1) is 17.6. The number of carbonyl (C=O) groups is 2. The SMILES string of the molecule is CC(NC(=O)CCCCNC(N)=O)c1ccc(Cl)c(Cl)c1. The third-order valence-corrected chi connectivity index (χ3v) is 3.69. The predicted molar refractivity (Wildman–Crippen MR) is 84.5 cm³/mol. The highest BCUT2D eigenvalue weighted by Crippen LogP contribution is 2.25. The summed E-state index contributed by atoms with van der Waals surface area (Å²) in [5.41, 5.74) is 5.83. The minimum absolute atomic E-state index is 0.0485. The van der Waals surface area contributed by atoms with Crippen LogP contribution in [0.1, 0.15) is 37.8 Å². The summed E-state index contributed by atoms with van der Waals surface area (Å²) in [5, 5.41) is 6.32. The topological polar surface area (TPSA) is 84.2 Å². The van der Waals surface area contributed by atoms with Crippen molar-refractivity contribution in [3.8, 4) is 0 Å². The molecule has 1 aromatic rings. The van der Waals surface area contributed by atoms with Gasteiger partial charge in [-0.25, -0.2) is 4.79 Å². The number of urea groups is 1. The predicted octanol–water partition coefficient (Wildman–Crippen LogP) is 3.01. The molecule has 1 atom stereocenters. The highest BCUT2D eigenvalue weighted by Gasteiger charge is 2.10. The summed E-state index contributed by atoms with van der Waals surface area (Å²) >= 11 is 11.8. The van der Waals surface area contributed by atoms with Crippen molar-refractivity contribution in [1.82, 2.24) is 10.6 Å². The maximum absolute atomic E-state index is 11.8. The Labute approximate surface area is 134 Å². The van der Waals surface area contributed by atoms with Gasteiger partial charge >= 0.3 is 6.03 Å². The van der Waals surface area contributed by atoms with E-state index >= 15 is 0 Å². The summed E-state index contributed by atoms with van der Waals surface area (Å²) in [6, 6.07) is 4.59. The van der Waals surface area contributed by atoms with Crippen molar-refractivity contribution in [2.45, 2.75) is 32.2 Å². The molecule has 0 radical (unpaired) electrons. The zero-order valence-electron chi connectivity index (χ0n) is 11.8. The van der Waals surface area contributed by atoms with Gasteiger partial charge in [0.05, 0.1) is 16.1 Å². The fourth-order valence-electron chi connectivity index (χ4n) is 1.80. The first-order chi connectivity index (χ1) is 9.90. The molecule has 0 aliphatic rings. The van der Waals surface area contributed by atoms with Gasteiger partial charge in [-0.05, 0) is 37.5 Å². The largest absolute Gasteiger partial charge is 0.352 e. The number of nitrogens with one attached hydrogen (secondary N) is 2. The van der Waals surface area contributed by atoms with Crippen molar-refractivity contribution in [2.24, 2.45) is 5.73 Å². The van der Waals surface area contributed by atoms with E-state index in [0.717, 1.165) is 5.56 Å². The Morgan fingerprint density at radius 1 is 1.24 bits per heavy atom. The van der Waals surface area contributed by atoms with Crippen molar-refractivity contribution in [1.29, 1.82) is 0 Å². The number of benzene rings is 1. The molecule has 0 saturated carbocycles. The normalized spacial score (nSPS) is 11.8. The van der Waals surface area contributed by atoms with Crippen LogP contribution in [0.15, 0.2) is 18.2 Å². The smallest absolute Gasteiger partial charge is 0.312 e. The van der Waals surface area contributed by atoms with E-state index in [9.17, 15) is 9.59 Å². The summed E-state index contributed by atoms with van der Waals surface area (Å²) in [4.78, 5) is 22.3. The molecule has 1 rings (SSSR count). The Kier molecular flexibility index (Phi) is 7.32. The highest BCUT2D eigenvalue weighted by atomic mass is 35.5. The summed E-state index contributed by atoms with van der Waals surface area (Å²) in [5.74, 6) is -0.0485. The van der Waals surface area contributed by atoms with Crippen molar-refractivity contribution in [3.05, 3.63) is 33.8 Å². The van der Waals surface area contributed by atoms with Gasteiger partial charge in [-0.2, -0.15) is 0 Å². The number of halogens is 2. The second-order valence-electron chi connectivity index (χ2n) is 4.71. The molecule has 1 aromatic carbocycles. The van der Waals surface area contributed by atoms with Crippen LogP contribution >= 0.6 is 23.2 Å². The van der Waals surface area contributed by atoms with Gasteiger partial charge < -0.3 is 16.4 Å². The Hall–Kier alpha value is -1.46. The van der Waals surface area contributed by atoms with Gasteiger partial charge in [0.15, 0.2) is 0 Å². The zero-order chi connectivity index (χ0) is 15.8. The number of hydrogen-bond acceptors (Lipinski definition) is 2. The van der Waals surface area contributed by atoms with Crippen molar-refractivity contribution in [2.75, 3.05) is 6.54 Å². The van der Waals surface area contributed by atoms with Gasteiger partial charge in [-0.1, -0.05) is 29.3 Å². The maximum atomic E-state index is 11.8. The second kappa shape index (κ2) is 8.74. The third-order valence-electron chi connectivity index (χ3n) is 2.95. The van der Waals surface area contributed by atoms with E-state index in [-0.39, 0.29) is 11.9 Å². The van der Waals surface area contributed by atoms with Gasteiger partial charge in [-0.15, -0.1) is 0 Å². The molecule has 21 heavy (non-hydrogen) atoms. The first-order valence-corrected chi connectivity index (χ1v) is 7.43. The average Bonchev–Trinajstić information content (AvgIpc) is 2.41. The standard InChI is InChI=1S/C14H19Cl2N3O2/c1-9(10-5-6-11(15)12(16)8-10)19-13(20)4-2-3-7-18-14(17)21/h5-6,8-9H,2-4,7H2,1H3,(H,19,20)(H3,17,18,21). The molecule has 5 nitrogen and oxygen atoms in total. The van der Waals surface area contributed by atoms with E-state index < -0.39 is 6.03 Å². The molecule has 0 bridgehead atoms. The molecular weight excluding hydrogens is 313 g/mol. The number of unbranched alkanes of at least 4 members (excludes halogenated alkanes) is 1. The van der Waals surface area contributed by atoms with Crippen LogP contribution in [-0.2, 0) is 4.79 Å². The lowest BCUT2D eigenvalue weighted by Crippen LogP contribution is -2.30. The molecular formula is C14H19Cl2N3O2. The number of nitrogens with two attached hydrogens (primary N) is 1. The van der Waals surface area contributed by atoms with Gasteiger partial charge in [-0.3, -0.25) is 4.79 Å². The molecule has 0 aliphatic heterocycles. The lowest BCUT2D eigenvalue weighted by atomic mass is 10.1. The maximum Gasteiger partial charge on any atom is 0.312 e. The number of carbonyl (C=O) groups excluding carboxylic acids is 2. The molecule has 0 spiro atoms. The molecule has 0 aliphatic carbocycles. The van der Waals surface area contributed by atoms with E-state index in [0.29, 0.717) is 35.9 Å². The number of hydrogen-bond donors (Lipinski definition) is 3. The van der Waals surface area contributed by atoms with Crippen molar-refractivity contribution >= 4 is 35.1 Å². The zero-order valence-corrected chi connectivity index (χ0v) is 13.3. The number of primary amides is 1. The molecule has 1 unspecified atom stereocenters. The van der Waals surface area contributed by atoms with Crippen molar-refractivity contribution in [3.63, 3.8) is 0 Å². The molecule has 7 heteroatoms. The van der Waals surface area contributed by atoms with Crippen LogP contribution in [0.3, 0.4) is 0 Å². The third kappa shape index (κ3) is 6.69. The number of rotatable bonds is 7. The molecule has 4 N–H and O–H groups in total. The van der Waals surface area contributed by atoms with Crippen LogP contribution < -0.4 is 16.4 Å². The molecule has 0 saturated heterocycles. The molecule has 116 valence electrons. The summed E-state index contributed by atoms with van der Waals surface area (Å²) in [6.45, 7) is 2.36. The second-order valence-corrected chi connectivity index (χ2v) is 5.53. The Morgan fingerprint density at radius 3 is 2.57 bits per heavy atom. The highest BCUT2D eigenvalue weighted by molar-refractivity contribution is 6.42. The Bertz CT molecular complexity index is 509. The van der Waals surface area contributed by atoms with E-state index in [1.54, 1.807) is 12.1 Å². The van der Waals surface area contributed by atoms with E-state index in [4.69, 9.17) is 28.9 Å². The van der Waals surface area contributed by atoms with Crippen LogP contribution in [0.5, 0.6) is 0 Å². The fourth-order valence-corrected chi connectivity index (χ4v) is 2.11. The van der Waals surface area contributed by atoms with E-state index in [1.165, 1.54) is 0 Å². The summed E-state index contributed by atoms with van der Waals surface area (Å²) < 4.78 is 0. The van der Waals surface area contributed by atoms with E-state index in [1.807, 2.05) is 13.0 Å². The molecule has 3 amide bonds. The van der Waals surface area contributed by atoms with Crippen LogP contribution in [0.4, 0.5) is 4.79 Å². The lowest BCUT2D eigenvalue weighted by molar-refractivity contribution is -0.121. The van der Waals surface area contributed by atoms with Crippen molar-refractivity contribution < 1.29 is 9.59 Å². The molecule has 0 aromatic heterocycles. The quantitative estimate of drug-likeness (QED) is 0.671. The van der Waals surface area contributed by atoms with Gasteiger partial charge in [0.25, 0.3) is 0 Å². The Morgan fingerprint density at radius 2 is 1.95 bits per heavy atom. The minimum atomic E-state index is -0.548. The number of amides is 3. The molecule has 0 heterocycles. The summed E-state index contributed by atoms with van der Waals surface area (Å²) in [6.07, 6.45) is 1.78. The van der Waals surface area contributed by atoms with Gasteiger partial charge in [0, 0.05) is 13.0 Å². The van der Waals surface area contributed by atoms with Crippen LogP contribution in [-0.4, -0.2) is 18.5 Å². The monoisotopic (exact) mass is 331 g/mol. The average molecular weight is 332 g/mol. The Balaban J connectivity index is 2.33. The van der Waals surface area contributed by atoms with Crippen LogP contribution in [0.25, 0.3) is 0 Å². The summed E-state index contributed by atoms with van der Waals surface area (Å²) in [7, 11) is 0. The van der Waals surface area contributed by atoms with Gasteiger partial charge in [0.1, 0.15) is 0 Å².